The molecular weight excluding hydrogens is 290 g/mol. The average Bonchev–Trinajstić information content (AvgIpc) is 3.20. The van der Waals surface area contributed by atoms with Gasteiger partial charge >= 0.3 is 0 Å². The summed E-state index contributed by atoms with van der Waals surface area (Å²) in [5, 5.41) is 3.08. The lowest BCUT2D eigenvalue weighted by Crippen LogP contribution is -2.39. The van der Waals surface area contributed by atoms with Crippen molar-refractivity contribution >= 4 is 12.0 Å². The van der Waals surface area contributed by atoms with E-state index in [1.165, 1.54) is 11.3 Å². The van der Waals surface area contributed by atoms with Crippen molar-refractivity contribution in [2.75, 3.05) is 6.61 Å². The number of hydrogen-bond acceptors (Lipinski definition) is 3. The smallest absolute Gasteiger partial charge is 0.244 e. The van der Waals surface area contributed by atoms with Crippen molar-refractivity contribution in [2.24, 2.45) is 0 Å². The summed E-state index contributed by atoms with van der Waals surface area (Å²) in [6, 6.07) is 6.23. The summed E-state index contributed by atoms with van der Waals surface area (Å²) in [6.45, 7) is 1.66. The zero-order valence-electron chi connectivity index (χ0n) is 12.9. The van der Waals surface area contributed by atoms with E-state index in [1.54, 1.807) is 6.08 Å². The van der Waals surface area contributed by atoms with Crippen molar-refractivity contribution in [3.05, 3.63) is 53.6 Å². The first-order valence-electron chi connectivity index (χ1n) is 8.01. The lowest BCUT2D eigenvalue weighted by molar-refractivity contribution is -0.117. The van der Waals surface area contributed by atoms with Crippen molar-refractivity contribution in [1.29, 1.82) is 0 Å². The Morgan fingerprint density at radius 1 is 1.43 bits per heavy atom. The molecule has 1 aromatic heterocycles. The Labute approximate surface area is 135 Å². The van der Waals surface area contributed by atoms with E-state index < -0.39 is 0 Å². The molecule has 0 radical (unpaired) electrons. The maximum atomic E-state index is 12.1. The summed E-state index contributed by atoms with van der Waals surface area (Å²) in [7, 11) is 0. The fourth-order valence-electron chi connectivity index (χ4n) is 3.22. The number of carbonyl (C=O) groups excluding carboxylic acids is 1. The number of carbonyl (C=O) groups is 1. The minimum atomic E-state index is -0.0419. The Kier molecular flexibility index (Phi) is 3.61. The minimum Gasteiger partial charge on any atom is -0.493 e. The maximum Gasteiger partial charge on any atom is 0.244 e. The predicted molar refractivity (Wildman–Crippen MR) is 87.2 cm³/mol. The topological polar surface area (TPSA) is 56.1 Å². The third kappa shape index (κ3) is 2.99. The van der Waals surface area contributed by atoms with Crippen LogP contribution in [0.2, 0.25) is 0 Å². The Balaban J connectivity index is 1.37. The van der Waals surface area contributed by atoms with Gasteiger partial charge in [-0.2, -0.15) is 0 Å². The van der Waals surface area contributed by atoms with Gasteiger partial charge < -0.3 is 14.6 Å². The molecule has 1 N–H and O–H groups in total. The van der Waals surface area contributed by atoms with E-state index in [2.05, 4.69) is 20.9 Å². The zero-order chi connectivity index (χ0) is 15.6. The Bertz CT molecular complexity index is 763. The molecule has 1 aromatic carbocycles. The molecule has 118 valence electrons. The summed E-state index contributed by atoms with van der Waals surface area (Å²) in [6.07, 6.45) is 9.93. The van der Waals surface area contributed by atoms with Crippen molar-refractivity contribution in [3.8, 4) is 5.75 Å². The van der Waals surface area contributed by atoms with Crippen LogP contribution in [0.15, 0.2) is 36.8 Å². The molecule has 1 unspecified atom stereocenters. The van der Waals surface area contributed by atoms with Gasteiger partial charge in [-0.25, -0.2) is 4.98 Å². The van der Waals surface area contributed by atoms with E-state index in [-0.39, 0.29) is 11.9 Å². The number of fused-ring (bicyclic) bond motifs is 2. The summed E-state index contributed by atoms with van der Waals surface area (Å²) in [5.41, 5.74) is 3.43. The first-order chi connectivity index (χ1) is 11.3. The molecule has 5 nitrogen and oxygen atoms in total. The van der Waals surface area contributed by atoms with Crippen LogP contribution in [-0.2, 0) is 24.2 Å². The number of aryl methyl sites for hydroxylation is 1. The van der Waals surface area contributed by atoms with Gasteiger partial charge in [0, 0.05) is 43.4 Å². The Hall–Kier alpha value is -2.56. The second-order valence-electron chi connectivity index (χ2n) is 6.08. The number of amides is 1. The lowest BCUT2D eigenvalue weighted by atomic mass is 10.0. The van der Waals surface area contributed by atoms with E-state index in [4.69, 9.17) is 4.74 Å². The van der Waals surface area contributed by atoms with Crippen molar-refractivity contribution < 1.29 is 9.53 Å². The molecular formula is C18H19N3O2. The number of hydrogen-bond donors (Lipinski definition) is 1. The highest BCUT2D eigenvalue weighted by Gasteiger charge is 2.19. The Morgan fingerprint density at radius 3 is 3.35 bits per heavy atom. The SMILES string of the molecule is O=C(/C=C/c1ccc2c(c1)CCO2)NC1CCn2cncc2C1. The maximum absolute atomic E-state index is 12.1. The predicted octanol–water partition coefficient (Wildman–Crippen LogP) is 1.96. The van der Waals surface area contributed by atoms with E-state index in [9.17, 15) is 4.79 Å². The van der Waals surface area contributed by atoms with Gasteiger partial charge in [0.25, 0.3) is 0 Å². The van der Waals surface area contributed by atoms with Crippen LogP contribution in [0.3, 0.4) is 0 Å². The second-order valence-corrected chi connectivity index (χ2v) is 6.08. The molecule has 2 aliphatic heterocycles. The monoisotopic (exact) mass is 309 g/mol. The van der Waals surface area contributed by atoms with Crippen LogP contribution in [0.4, 0.5) is 0 Å². The Morgan fingerprint density at radius 2 is 2.39 bits per heavy atom. The van der Waals surface area contributed by atoms with Crippen molar-refractivity contribution in [2.45, 2.75) is 31.8 Å². The first-order valence-corrected chi connectivity index (χ1v) is 8.01. The molecule has 2 aliphatic rings. The molecule has 1 atom stereocenters. The zero-order valence-corrected chi connectivity index (χ0v) is 12.9. The van der Waals surface area contributed by atoms with Gasteiger partial charge in [0.1, 0.15) is 5.75 Å². The molecule has 23 heavy (non-hydrogen) atoms. The number of aromatic nitrogens is 2. The summed E-state index contributed by atoms with van der Waals surface area (Å²) >= 11 is 0. The summed E-state index contributed by atoms with van der Waals surface area (Å²) < 4.78 is 7.64. The minimum absolute atomic E-state index is 0.0419. The van der Waals surface area contributed by atoms with Gasteiger partial charge in [-0.3, -0.25) is 4.79 Å². The molecule has 1 amide bonds. The van der Waals surface area contributed by atoms with Crippen LogP contribution in [0.1, 0.15) is 23.2 Å². The third-order valence-corrected chi connectivity index (χ3v) is 4.46. The molecule has 5 heteroatoms. The molecule has 0 fully saturated rings. The summed E-state index contributed by atoms with van der Waals surface area (Å²) in [5.74, 6) is 0.921. The number of ether oxygens (including phenoxy) is 1. The normalized spacial score (nSPS) is 19.2. The number of imidazole rings is 1. The van der Waals surface area contributed by atoms with Gasteiger partial charge in [0.15, 0.2) is 0 Å². The van der Waals surface area contributed by atoms with Crippen molar-refractivity contribution in [1.82, 2.24) is 14.9 Å². The van der Waals surface area contributed by atoms with Crippen LogP contribution < -0.4 is 10.1 Å². The van der Waals surface area contributed by atoms with Crippen LogP contribution in [0.5, 0.6) is 5.75 Å². The van der Waals surface area contributed by atoms with Crippen molar-refractivity contribution in [3.63, 3.8) is 0 Å². The molecule has 0 saturated heterocycles. The molecule has 3 heterocycles. The largest absolute Gasteiger partial charge is 0.493 e. The number of nitrogens with zero attached hydrogens (tertiary/aromatic N) is 2. The second kappa shape index (κ2) is 5.91. The molecule has 0 bridgehead atoms. The number of benzene rings is 1. The molecule has 0 saturated carbocycles. The van der Waals surface area contributed by atoms with Gasteiger partial charge in [-0.05, 0) is 35.8 Å². The number of rotatable bonds is 3. The first kappa shape index (κ1) is 14.1. The highest BCUT2D eigenvalue weighted by molar-refractivity contribution is 5.92. The van der Waals surface area contributed by atoms with Gasteiger partial charge in [-0.1, -0.05) is 6.07 Å². The van der Waals surface area contributed by atoms with Gasteiger partial charge in [-0.15, -0.1) is 0 Å². The van der Waals surface area contributed by atoms with Crippen LogP contribution in [0.25, 0.3) is 6.08 Å². The number of nitrogens with one attached hydrogen (secondary N) is 1. The average molecular weight is 309 g/mol. The van der Waals surface area contributed by atoms with E-state index >= 15 is 0 Å². The standard InChI is InChI=1S/C18H19N3O2/c22-18(20-15-5-7-21-12-19-11-16(21)10-15)4-2-13-1-3-17-14(9-13)6-8-23-17/h1-4,9,11-12,15H,5-8,10H2,(H,20,22)/b4-2+. The quantitative estimate of drug-likeness (QED) is 0.882. The van der Waals surface area contributed by atoms with E-state index in [0.29, 0.717) is 0 Å². The lowest BCUT2D eigenvalue weighted by Gasteiger charge is -2.24. The highest BCUT2D eigenvalue weighted by Crippen LogP contribution is 2.26. The van der Waals surface area contributed by atoms with Crippen LogP contribution >= 0.6 is 0 Å². The van der Waals surface area contributed by atoms with E-state index in [1.807, 2.05) is 30.7 Å². The highest BCUT2D eigenvalue weighted by atomic mass is 16.5. The van der Waals surface area contributed by atoms with E-state index in [0.717, 1.165) is 43.7 Å². The van der Waals surface area contributed by atoms with Crippen LogP contribution in [0, 0.1) is 0 Å². The molecule has 0 spiro atoms. The molecule has 2 aromatic rings. The molecule has 4 rings (SSSR count). The van der Waals surface area contributed by atoms with Gasteiger partial charge in [0.2, 0.25) is 5.91 Å². The third-order valence-electron chi connectivity index (χ3n) is 4.46. The van der Waals surface area contributed by atoms with Crippen LogP contribution in [-0.4, -0.2) is 28.1 Å². The fourth-order valence-corrected chi connectivity index (χ4v) is 3.22. The summed E-state index contributed by atoms with van der Waals surface area (Å²) in [4.78, 5) is 16.3. The fraction of sp³-hybridized carbons (Fsp3) is 0.333. The van der Waals surface area contributed by atoms with Gasteiger partial charge in [0.05, 0.1) is 12.9 Å². The molecule has 0 aliphatic carbocycles.